The van der Waals surface area contributed by atoms with E-state index in [1.165, 1.54) is 0 Å². The van der Waals surface area contributed by atoms with Crippen LogP contribution in [0.4, 0.5) is 0 Å². The van der Waals surface area contributed by atoms with E-state index in [2.05, 4.69) is 0 Å². The van der Waals surface area contributed by atoms with Gasteiger partial charge in [0.2, 0.25) is 23.0 Å². The van der Waals surface area contributed by atoms with Crippen molar-refractivity contribution in [2.24, 2.45) is 7.05 Å². The van der Waals surface area contributed by atoms with E-state index in [0.717, 1.165) is 16.6 Å². The number of carbonyl (C=O) groups is 2. The monoisotopic (exact) mass is 446 g/mol. The van der Waals surface area contributed by atoms with Gasteiger partial charge < -0.3 is 24.0 Å². The molecule has 4 nitrogen and oxygen atoms in total. The molecule has 0 saturated carbocycles. The van der Waals surface area contributed by atoms with Gasteiger partial charge in [0.05, 0.1) is 13.1 Å². The summed E-state index contributed by atoms with van der Waals surface area (Å²) in [6.45, 7) is 6.00. The quantitative estimate of drug-likeness (QED) is 0.309. The summed E-state index contributed by atoms with van der Waals surface area (Å²) >= 11 is 0. The molecule has 0 radical (unpaired) electrons. The molecule has 0 fully saturated rings. The molecule has 0 bridgehead atoms. The fourth-order valence-corrected chi connectivity index (χ4v) is 3.74. The molecule has 1 aliphatic rings. The number of ketones is 2. The number of hydrogen-bond acceptors (Lipinski definition) is 2. The molecule has 0 aliphatic heterocycles. The maximum Gasteiger partial charge on any atom is 0.254 e. The van der Waals surface area contributed by atoms with Gasteiger partial charge in [-0.1, -0.05) is 24.3 Å². The summed E-state index contributed by atoms with van der Waals surface area (Å²) in [4.78, 5) is 26.3. The molecule has 0 saturated heterocycles. The van der Waals surface area contributed by atoms with Gasteiger partial charge in [-0.15, -0.1) is 0 Å². The smallest absolute Gasteiger partial charge is 0.254 e. The third-order valence-corrected chi connectivity index (χ3v) is 4.96. The van der Waals surface area contributed by atoms with Crippen LogP contribution in [-0.4, -0.2) is 16.1 Å². The molecular formula is C20H19IN2O2. The lowest BCUT2D eigenvalue weighted by molar-refractivity contribution is -0.679. The SMILES string of the molecule is Cc1n(C(C)C)c2c([n+]1C)C(=O)c1cc3ccccc3cc1C2=O.[I-]. The van der Waals surface area contributed by atoms with Gasteiger partial charge in [-0.2, -0.15) is 0 Å². The minimum atomic E-state index is -0.0737. The third-order valence-electron chi connectivity index (χ3n) is 4.96. The highest BCUT2D eigenvalue weighted by Gasteiger charge is 2.42. The Morgan fingerprint density at radius 1 is 0.960 bits per heavy atom. The summed E-state index contributed by atoms with van der Waals surface area (Å²) in [5.74, 6) is 0.771. The van der Waals surface area contributed by atoms with Crippen LogP contribution in [0.25, 0.3) is 10.8 Å². The van der Waals surface area contributed by atoms with Crippen LogP contribution >= 0.6 is 0 Å². The molecule has 1 aromatic heterocycles. The minimum absolute atomic E-state index is 0. The highest BCUT2D eigenvalue weighted by Crippen LogP contribution is 2.31. The van der Waals surface area contributed by atoms with Crippen molar-refractivity contribution in [3.63, 3.8) is 0 Å². The van der Waals surface area contributed by atoms with Crippen LogP contribution < -0.4 is 28.5 Å². The second kappa shape index (κ2) is 6.05. The third kappa shape index (κ3) is 2.36. The van der Waals surface area contributed by atoms with Crippen LogP contribution in [0.1, 0.15) is 57.8 Å². The molecule has 1 heterocycles. The van der Waals surface area contributed by atoms with Gasteiger partial charge in [0.25, 0.3) is 5.82 Å². The zero-order valence-electron chi connectivity index (χ0n) is 14.6. The van der Waals surface area contributed by atoms with Crippen molar-refractivity contribution in [1.29, 1.82) is 0 Å². The van der Waals surface area contributed by atoms with Gasteiger partial charge in [0.1, 0.15) is 0 Å². The lowest BCUT2D eigenvalue weighted by atomic mass is 9.87. The summed E-state index contributed by atoms with van der Waals surface area (Å²) in [6, 6.07) is 11.6. The second-order valence-corrected chi connectivity index (χ2v) is 6.67. The van der Waals surface area contributed by atoms with Crippen LogP contribution in [0.5, 0.6) is 0 Å². The van der Waals surface area contributed by atoms with Crippen LogP contribution in [0, 0.1) is 6.92 Å². The van der Waals surface area contributed by atoms with E-state index in [1.807, 2.05) is 73.4 Å². The molecule has 4 rings (SSSR count). The van der Waals surface area contributed by atoms with Crippen molar-refractivity contribution in [2.75, 3.05) is 0 Å². The number of rotatable bonds is 1. The van der Waals surface area contributed by atoms with Crippen LogP contribution in [0.2, 0.25) is 0 Å². The van der Waals surface area contributed by atoms with Gasteiger partial charge in [-0.3, -0.25) is 9.59 Å². The van der Waals surface area contributed by atoms with Crippen LogP contribution in [0.3, 0.4) is 0 Å². The number of fused-ring (bicyclic) bond motifs is 3. The van der Waals surface area contributed by atoms with E-state index >= 15 is 0 Å². The van der Waals surface area contributed by atoms with Gasteiger partial charge in [-0.25, -0.2) is 9.13 Å². The molecule has 2 aromatic carbocycles. The fraction of sp³-hybridized carbons (Fsp3) is 0.250. The van der Waals surface area contributed by atoms with E-state index in [1.54, 1.807) is 0 Å². The molecule has 1 aliphatic carbocycles. The number of halogens is 1. The standard InChI is InChI=1S/C20H19N2O2.HI/c1-11(2)22-12(3)21(4)17-18(22)20(24)16-10-14-8-6-5-7-13(14)9-15(16)19(17)23;/h5-11H,1-4H3;1H/q+1;/p-1. The minimum Gasteiger partial charge on any atom is -1.00 e. The number of benzene rings is 2. The zero-order chi connectivity index (χ0) is 17.2. The predicted octanol–water partition coefficient (Wildman–Crippen LogP) is 0.135. The van der Waals surface area contributed by atoms with E-state index in [4.69, 9.17) is 0 Å². The zero-order valence-corrected chi connectivity index (χ0v) is 16.8. The highest BCUT2D eigenvalue weighted by molar-refractivity contribution is 6.27. The summed E-state index contributed by atoms with van der Waals surface area (Å²) in [7, 11) is 1.85. The molecular weight excluding hydrogens is 427 g/mol. The first-order valence-corrected chi connectivity index (χ1v) is 8.14. The molecule has 0 amide bonds. The maximum absolute atomic E-state index is 13.2. The topological polar surface area (TPSA) is 43.0 Å². The molecule has 0 N–H and O–H groups in total. The van der Waals surface area contributed by atoms with E-state index < -0.39 is 0 Å². The fourth-order valence-electron chi connectivity index (χ4n) is 3.74. The Morgan fingerprint density at radius 3 is 2.00 bits per heavy atom. The van der Waals surface area contributed by atoms with E-state index in [9.17, 15) is 9.59 Å². The van der Waals surface area contributed by atoms with Gasteiger partial charge in [-0.05, 0) is 36.8 Å². The summed E-state index contributed by atoms with van der Waals surface area (Å²) in [6.07, 6.45) is 0. The summed E-state index contributed by atoms with van der Waals surface area (Å²) < 4.78 is 3.81. The van der Waals surface area contributed by atoms with Crippen molar-refractivity contribution in [1.82, 2.24) is 4.57 Å². The predicted molar refractivity (Wildman–Crippen MR) is 91.5 cm³/mol. The van der Waals surface area contributed by atoms with Crippen LogP contribution in [-0.2, 0) is 7.05 Å². The molecule has 5 heteroatoms. The number of carbonyl (C=O) groups excluding carboxylic acids is 2. The number of imidazole rings is 1. The molecule has 0 spiro atoms. The largest absolute Gasteiger partial charge is 1.00 e. The average molecular weight is 446 g/mol. The van der Waals surface area contributed by atoms with Crippen molar-refractivity contribution >= 4 is 22.3 Å². The number of nitrogens with zero attached hydrogens (tertiary/aromatic N) is 2. The average Bonchev–Trinajstić information content (AvgIpc) is 2.83. The number of aromatic nitrogens is 2. The maximum atomic E-state index is 13.2. The first-order valence-electron chi connectivity index (χ1n) is 8.14. The second-order valence-electron chi connectivity index (χ2n) is 6.67. The molecule has 128 valence electrons. The highest BCUT2D eigenvalue weighted by atomic mass is 127. The van der Waals surface area contributed by atoms with Crippen molar-refractivity contribution in [3.8, 4) is 0 Å². The summed E-state index contributed by atoms with van der Waals surface area (Å²) in [5.41, 5.74) is 2.01. The Kier molecular flexibility index (Phi) is 4.31. The number of hydrogen-bond donors (Lipinski definition) is 0. The molecule has 0 atom stereocenters. The van der Waals surface area contributed by atoms with Gasteiger partial charge >= 0.3 is 0 Å². The molecule has 25 heavy (non-hydrogen) atoms. The van der Waals surface area contributed by atoms with Crippen molar-refractivity contribution in [2.45, 2.75) is 26.8 Å². The Bertz CT molecular complexity index is 1050. The van der Waals surface area contributed by atoms with Gasteiger partial charge in [0, 0.05) is 18.1 Å². The molecule has 0 unspecified atom stereocenters. The Balaban J connectivity index is 0.00000182. The lowest BCUT2D eigenvalue weighted by Crippen LogP contribution is -3.00. The first-order chi connectivity index (χ1) is 11.4. The Morgan fingerprint density at radius 2 is 1.48 bits per heavy atom. The first kappa shape index (κ1) is 17.8. The van der Waals surface area contributed by atoms with Gasteiger partial charge in [0.15, 0.2) is 0 Å². The van der Waals surface area contributed by atoms with E-state index in [0.29, 0.717) is 22.5 Å². The Hall–Kier alpha value is -2.02. The summed E-state index contributed by atoms with van der Waals surface area (Å²) in [5, 5.41) is 1.95. The molecule has 3 aromatic rings. The van der Waals surface area contributed by atoms with Crippen LogP contribution in [0.15, 0.2) is 36.4 Å². The Labute approximate surface area is 163 Å². The normalized spacial score (nSPS) is 13.0. The lowest BCUT2D eigenvalue weighted by Gasteiger charge is -2.15. The van der Waals surface area contributed by atoms with Crippen molar-refractivity contribution < 1.29 is 38.1 Å². The van der Waals surface area contributed by atoms with Crippen molar-refractivity contribution in [3.05, 3.63) is 64.7 Å². The van der Waals surface area contributed by atoms with E-state index in [-0.39, 0.29) is 41.6 Å².